The molecule has 0 aliphatic carbocycles. The molecule has 0 saturated carbocycles. The van der Waals surface area contributed by atoms with E-state index in [4.69, 9.17) is 0 Å². The minimum atomic E-state index is -0.314. The molecule has 1 rings (SSSR count). The topological polar surface area (TPSA) is 37.4 Å². The molecule has 0 bridgehead atoms. The molecule has 2 amide bonds. The highest BCUT2D eigenvalue weighted by atomic mass is 16.2. The van der Waals surface area contributed by atoms with E-state index in [-0.39, 0.29) is 11.8 Å². The molecule has 3 heteroatoms. The highest BCUT2D eigenvalue weighted by molar-refractivity contribution is 6.07. The molecule has 0 atom stereocenters. The Morgan fingerprint density at radius 1 is 1.20 bits per heavy atom. The van der Waals surface area contributed by atoms with Gasteiger partial charge < -0.3 is 0 Å². The zero-order chi connectivity index (χ0) is 11.3. The van der Waals surface area contributed by atoms with Crippen LogP contribution in [0.1, 0.15) is 17.3 Å². The van der Waals surface area contributed by atoms with Gasteiger partial charge in [-0.1, -0.05) is 24.3 Å². The summed E-state index contributed by atoms with van der Waals surface area (Å²) >= 11 is 0. The lowest BCUT2D eigenvalue weighted by molar-refractivity contribution is -0.122. The van der Waals surface area contributed by atoms with Crippen LogP contribution in [0.3, 0.4) is 0 Å². The van der Waals surface area contributed by atoms with Crippen LogP contribution in [0, 0.1) is 0 Å². The number of nitrogens with zero attached hydrogens (tertiary/aromatic N) is 1. The van der Waals surface area contributed by atoms with Crippen LogP contribution >= 0.6 is 0 Å². The number of carbonyl (C=O) groups is 2. The van der Waals surface area contributed by atoms with Gasteiger partial charge in [0.2, 0.25) is 0 Å². The number of amides is 2. The van der Waals surface area contributed by atoms with Crippen LogP contribution in [0.5, 0.6) is 0 Å². The van der Waals surface area contributed by atoms with Gasteiger partial charge in [-0.25, -0.2) is 0 Å². The van der Waals surface area contributed by atoms with Crippen LogP contribution in [0.4, 0.5) is 0 Å². The zero-order valence-electron chi connectivity index (χ0n) is 8.81. The fraction of sp³-hybridized carbons (Fsp3) is 0.167. The van der Waals surface area contributed by atoms with Gasteiger partial charge in [0.05, 0.1) is 0 Å². The van der Waals surface area contributed by atoms with E-state index in [0.29, 0.717) is 5.56 Å². The number of rotatable bonds is 2. The number of hydrogen-bond acceptors (Lipinski definition) is 2. The average Bonchev–Trinajstić information content (AvgIpc) is 2.28. The van der Waals surface area contributed by atoms with Crippen LogP contribution in [0.25, 0.3) is 0 Å². The standard InChI is InChI=1S/C12H13NO2/c1-3-7-11(14)13(2)12(15)10-8-5-4-6-9-10/h3-9H,1-2H3. The molecular weight excluding hydrogens is 190 g/mol. The fourth-order valence-corrected chi connectivity index (χ4v) is 1.13. The molecule has 0 N–H and O–H groups in total. The van der Waals surface area contributed by atoms with Crippen molar-refractivity contribution in [3.8, 4) is 0 Å². The minimum Gasteiger partial charge on any atom is -0.278 e. The normalized spacial score (nSPS) is 10.3. The second-order valence-corrected chi connectivity index (χ2v) is 3.07. The molecule has 0 aromatic heterocycles. The SMILES string of the molecule is CC=CC(=O)N(C)C(=O)c1ccccc1. The van der Waals surface area contributed by atoms with Gasteiger partial charge in [0, 0.05) is 12.6 Å². The summed E-state index contributed by atoms with van der Waals surface area (Å²) in [6.07, 6.45) is 2.97. The predicted octanol–water partition coefficient (Wildman–Crippen LogP) is 1.86. The second-order valence-electron chi connectivity index (χ2n) is 3.07. The molecule has 0 saturated heterocycles. The van der Waals surface area contributed by atoms with Gasteiger partial charge in [0.25, 0.3) is 11.8 Å². The highest BCUT2D eigenvalue weighted by Gasteiger charge is 2.15. The average molecular weight is 203 g/mol. The second kappa shape index (κ2) is 5.10. The van der Waals surface area contributed by atoms with Crippen molar-refractivity contribution >= 4 is 11.8 Å². The van der Waals surface area contributed by atoms with Gasteiger partial charge in [-0.2, -0.15) is 0 Å². The quantitative estimate of drug-likeness (QED) is 0.688. The Kier molecular flexibility index (Phi) is 3.80. The maximum absolute atomic E-state index is 11.7. The molecule has 78 valence electrons. The van der Waals surface area contributed by atoms with Crippen molar-refractivity contribution in [2.24, 2.45) is 0 Å². The smallest absolute Gasteiger partial charge is 0.260 e. The van der Waals surface area contributed by atoms with E-state index in [0.717, 1.165) is 4.90 Å². The maximum atomic E-state index is 11.7. The van der Waals surface area contributed by atoms with Gasteiger partial charge in [-0.15, -0.1) is 0 Å². The number of carbonyl (C=O) groups excluding carboxylic acids is 2. The lowest BCUT2D eigenvalue weighted by atomic mass is 10.2. The number of imide groups is 1. The van der Waals surface area contributed by atoms with Crippen LogP contribution < -0.4 is 0 Å². The molecule has 0 fully saturated rings. The summed E-state index contributed by atoms with van der Waals surface area (Å²) in [7, 11) is 1.47. The Morgan fingerprint density at radius 3 is 2.33 bits per heavy atom. The van der Waals surface area contributed by atoms with Crippen LogP contribution in [-0.4, -0.2) is 23.8 Å². The summed E-state index contributed by atoms with van der Waals surface area (Å²) in [6, 6.07) is 8.72. The van der Waals surface area contributed by atoms with Crippen molar-refractivity contribution in [3.05, 3.63) is 48.0 Å². The highest BCUT2D eigenvalue weighted by Crippen LogP contribution is 2.03. The summed E-state index contributed by atoms with van der Waals surface area (Å²) in [5, 5.41) is 0. The van der Waals surface area contributed by atoms with Crippen LogP contribution in [0.15, 0.2) is 42.5 Å². The molecule has 15 heavy (non-hydrogen) atoms. The van der Waals surface area contributed by atoms with Crippen molar-refractivity contribution in [1.82, 2.24) is 4.90 Å². The van der Waals surface area contributed by atoms with Gasteiger partial charge in [-0.3, -0.25) is 14.5 Å². The number of hydrogen-bond donors (Lipinski definition) is 0. The molecule has 1 aromatic rings. The summed E-state index contributed by atoms with van der Waals surface area (Å²) in [4.78, 5) is 24.2. The first-order valence-electron chi connectivity index (χ1n) is 4.66. The Hall–Kier alpha value is -1.90. The Bertz CT molecular complexity index is 382. The fourth-order valence-electron chi connectivity index (χ4n) is 1.13. The van der Waals surface area contributed by atoms with E-state index in [1.54, 1.807) is 37.3 Å². The molecule has 3 nitrogen and oxygen atoms in total. The van der Waals surface area contributed by atoms with Crippen LogP contribution in [-0.2, 0) is 4.79 Å². The molecule has 0 heterocycles. The van der Waals surface area contributed by atoms with E-state index in [2.05, 4.69) is 0 Å². The Morgan fingerprint density at radius 2 is 1.80 bits per heavy atom. The summed E-state index contributed by atoms with van der Waals surface area (Å²) in [6.45, 7) is 1.73. The first-order valence-corrected chi connectivity index (χ1v) is 4.66. The van der Waals surface area contributed by atoms with Crippen LogP contribution in [0.2, 0.25) is 0 Å². The van der Waals surface area contributed by atoms with Gasteiger partial charge in [-0.05, 0) is 25.1 Å². The van der Waals surface area contributed by atoms with E-state index < -0.39 is 0 Å². The molecule has 0 aliphatic rings. The summed E-state index contributed by atoms with van der Waals surface area (Å²) in [5.74, 6) is -0.606. The maximum Gasteiger partial charge on any atom is 0.260 e. The molecule has 0 spiro atoms. The lowest BCUT2D eigenvalue weighted by Crippen LogP contribution is -2.31. The van der Waals surface area contributed by atoms with E-state index in [1.165, 1.54) is 13.1 Å². The Labute approximate surface area is 89.0 Å². The van der Waals surface area contributed by atoms with Crippen molar-refractivity contribution in [1.29, 1.82) is 0 Å². The van der Waals surface area contributed by atoms with E-state index in [9.17, 15) is 9.59 Å². The molecule has 1 aromatic carbocycles. The summed E-state index contributed by atoms with van der Waals surface area (Å²) < 4.78 is 0. The van der Waals surface area contributed by atoms with Crippen molar-refractivity contribution < 1.29 is 9.59 Å². The third kappa shape index (κ3) is 2.77. The van der Waals surface area contributed by atoms with Crippen molar-refractivity contribution in [2.75, 3.05) is 7.05 Å². The van der Waals surface area contributed by atoms with E-state index >= 15 is 0 Å². The van der Waals surface area contributed by atoms with Gasteiger partial charge in [0.1, 0.15) is 0 Å². The number of benzene rings is 1. The largest absolute Gasteiger partial charge is 0.278 e. The predicted molar refractivity (Wildman–Crippen MR) is 58.4 cm³/mol. The molecule has 0 unspecified atom stereocenters. The first kappa shape index (κ1) is 11.2. The minimum absolute atomic E-state index is 0.293. The molecule has 0 aliphatic heterocycles. The zero-order valence-corrected chi connectivity index (χ0v) is 8.81. The number of allylic oxidation sites excluding steroid dienone is 1. The summed E-state index contributed by atoms with van der Waals surface area (Å²) in [5.41, 5.74) is 0.512. The first-order chi connectivity index (χ1) is 7.16. The van der Waals surface area contributed by atoms with Gasteiger partial charge >= 0.3 is 0 Å². The number of likely N-dealkylation sites (N-methyl/N-ethyl adjacent to an activating group) is 1. The van der Waals surface area contributed by atoms with Crippen molar-refractivity contribution in [2.45, 2.75) is 6.92 Å². The Balaban J connectivity index is 2.82. The van der Waals surface area contributed by atoms with Gasteiger partial charge in [0.15, 0.2) is 0 Å². The lowest BCUT2D eigenvalue weighted by Gasteiger charge is -2.12. The third-order valence-corrected chi connectivity index (χ3v) is 1.97. The van der Waals surface area contributed by atoms with E-state index in [1.807, 2.05) is 6.07 Å². The third-order valence-electron chi connectivity index (χ3n) is 1.97. The molecule has 0 radical (unpaired) electrons. The van der Waals surface area contributed by atoms with Crippen molar-refractivity contribution in [3.63, 3.8) is 0 Å². The molecular formula is C12H13NO2. The monoisotopic (exact) mass is 203 g/mol.